The smallest absolute Gasteiger partial charge is 0.305 e. The number of hydrogen-bond acceptors (Lipinski definition) is 4. The molecule has 1 atom stereocenters. The second-order valence-corrected chi connectivity index (χ2v) is 5.92. The van der Waals surface area contributed by atoms with Crippen LogP contribution in [0.2, 0.25) is 0 Å². The number of amides is 1. The third-order valence-corrected chi connectivity index (χ3v) is 3.94. The number of carboxylic acid groups (broad SMARTS) is 1. The summed E-state index contributed by atoms with van der Waals surface area (Å²) < 4.78 is 0. The van der Waals surface area contributed by atoms with E-state index in [1.807, 2.05) is 13.8 Å². The number of thioether (sulfide) groups is 1. The Morgan fingerprint density at radius 1 is 1.50 bits per heavy atom. The van der Waals surface area contributed by atoms with Crippen molar-refractivity contribution in [3.05, 3.63) is 0 Å². The van der Waals surface area contributed by atoms with Gasteiger partial charge in [-0.05, 0) is 0 Å². The van der Waals surface area contributed by atoms with Gasteiger partial charge in [-0.2, -0.15) is 11.8 Å². The number of carbonyl (C=O) groups excluding carboxylic acids is 1. The predicted molar refractivity (Wildman–Crippen MR) is 72.8 cm³/mol. The third-order valence-electron chi connectivity index (χ3n) is 2.85. The fourth-order valence-corrected chi connectivity index (χ4v) is 3.03. The lowest BCUT2D eigenvalue weighted by Crippen LogP contribution is -2.47. The summed E-state index contributed by atoms with van der Waals surface area (Å²) in [5.41, 5.74) is 0. The van der Waals surface area contributed by atoms with E-state index < -0.39 is 5.97 Å². The van der Waals surface area contributed by atoms with E-state index in [9.17, 15) is 9.59 Å². The molecule has 1 amide bonds. The van der Waals surface area contributed by atoms with Gasteiger partial charge >= 0.3 is 5.97 Å². The summed E-state index contributed by atoms with van der Waals surface area (Å²) in [6.07, 6.45) is 0.495. The number of hydrogen-bond donors (Lipinski definition) is 2. The molecule has 0 saturated carbocycles. The summed E-state index contributed by atoms with van der Waals surface area (Å²) in [4.78, 5) is 24.6. The molecule has 1 aliphatic rings. The zero-order valence-corrected chi connectivity index (χ0v) is 11.8. The molecule has 104 valence electrons. The van der Waals surface area contributed by atoms with Crippen LogP contribution in [0.3, 0.4) is 0 Å². The van der Waals surface area contributed by atoms with Crippen molar-refractivity contribution < 1.29 is 14.7 Å². The van der Waals surface area contributed by atoms with Gasteiger partial charge in [0.2, 0.25) is 5.91 Å². The van der Waals surface area contributed by atoms with Crippen LogP contribution in [0.15, 0.2) is 0 Å². The fourth-order valence-electron chi connectivity index (χ4n) is 1.97. The molecule has 2 N–H and O–H groups in total. The van der Waals surface area contributed by atoms with Crippen LogP contribution in [0.4, 0.5) is 0 Å². The van der Waals surface area contributed by atoms with E-state index in [2.05, 4.69) is 5.32 Å². The Morgan fingerprint density at radius 2 is 2.22 bits per heavy atom. The van der Waals surface area contributed by atoms with E-state index >= 15 is 0 Å². The lowest BCUT2D eigenvalue weighted by molar-refractivity contribution is -0.140. The Kier molecular flexibility index (Phi) is 6.49. The van der Waals surface area contributed by atoms with Crippen molar-refractivity contribution in [2.24, 2.45) is 0 Å². The molecule has 5 nitrogen and oxygen atoms in total. The van der Waals surface area contributed by atoms with Crippen LogP contribution in [0.25, 0.3) is 0 Å². The highest BCUT2D eigenvalue weighted by molar-refractivity contribution is 7.99. The molecule has 0 spiro atoms. The van der Waals surface area contributed by atoms with Crippen LogP contribution in [-0.2, 0) is 9.59 Å². The van der Waals surface area contributed by atoms with E-state index in [1.165, 1.54) is 0 Å². The zero-order valence-electron chi connectivity index (χ0n) is 11.0. The first-order chi connectivity index (χ1) is 8.50. The topological polar surface area (TPSA) is 69.6 Å². The van der Waals surface area contributed by atoms with Gasteiger partial charge in [-0.3, -0.25) is 9.59 Å². The average molecular weight is 274 g/mol. The van der Waals surface area contributed by atoms with Gasteiger partial charge in [0.25, 0.3) is 0 Å². The number of carbonyl (C=O) groups is 2. The molecular formula is C12H22N2O3S. The highest BCUT2D eigenvalue weighted by atomic mass is 32.2. The lowest BCUT2D eigenvalue weighted by atomic mass is 10.1. The Hall–Kier alpha value is -0.750. The first-order valence-electron chi connectivity index (χ1n) is 6.33. The van der Waals surface area contributed by atoms with E-state index in [1.54, 1.807) is 16.7 Å². The summed E-state index contributed by atoms with van der Waals surface area (Å²) in [6, 6.07) is 0.220. The highest BCUT2D eigenvalue weighted by Crippen LogP contribution is 2.19. The average Bonchev–Trinajstić information content (AvgIpc) is 2.28. The van der Waals surface area contributed by atoms with E-state index in [4.69, 9.17) is 5.11 Å². The fraction of sp³-hybridized carbons (Fsp3) is 0.833. The highest BCUT2D eigenvalue weighted by Gasteiger charge is 2.28. The molecule has 1 saturated heterocycles. The molecule has 0 aromatic rings. The minimum absolute atomic E-state index is 0.0519. The largest absolute Gasteiger partial charge is 0.481 e. The van der Waals surface area contributed by atoms with Gasteiger partial charge in [0, 0.05) is 37.1 Å². The van der Waals surface area contributed by atoms with Crippen LogP contribution < -0.4 is 5.32 Å². The number of nitrogens with one attached hydrogen (secondary N) is 1. The maximum Gasteiger partial charge on any atom is 0.305 e. The molecule has 6 heteroatoms. The predicted octanol–water partition coefficient (Wildman–Crippen LogP) is 0.793. The van der Waals surface area contributed by atoms with Crippen molar-refractivity contribution in [2.75, 3.05) is 24.6 Å². The maximum atomic E-state index is 12.1. The summed E-state index contributed by atoms with van der Waals surface area (Å²) >= 11 is 1.72. The summed E-state index contributed by atoms with van der Waals surface area (Å²) in [7, 11) is 0. The molecule has 1 rings (SSSR count). The monoisotopic (exact) mass is 274 g/mol. The van der Waals surface area contributed by atoms with Gasteiger partial charge in [-0.15, -0.1) is 0 Å². The van der Waals surface area contributed by atoms with Crippen LogP contribution in [0, 0.1) is 0 Å². The Bertz CT molecular complexity index is 297. The molecule has 0 bridgehead atoms. The van der Waals surface area contributed by atoms with Crippen LogP contribution in [0.5, 0.6) is 0 Å². The minimum atomic E-state index is -0.833. The molecular weight excluding hydrogens is 252 g/mol. The SMILES string of the molecule is CC(C)NCCC(=O)N1CCSCC1CC(=O)O. The minimum Gasteiger partial charge on any atom is -0.481 e. The molecule has 0 radical (unpaired) electrons. The first kappa shape index (κ1) is 15.3. The van der Waals surface area contributed by atoms with Crippen LogP contribution in [-0.4, -0.2) is 58.6 Å². The molecule has 18 heavy (non-hydrogen) atoms. The van der Waals surface area contributed by atoms with E-state index in [0.717, 1.165) is 11.5 Å². The van der Waals surface area contributed by atoms with Crippen molar-refractivity contribution in [1.82, 2.24) is 10.2 Å². The second kappa shape index (κ2) is 7.63. The first-order valence-corrected chi connectivity index (χ1v) is 7.48. The van der Waals surface area contributed by atoms with Crippen molar-refractivity contribution >= 4 is 23.6 Å². The molecule has 1 heterocycles. The Balaban J connectivity index is 2.44. The quantitative estimate of drug-likeness (QED) is 0.749. The molecule has 1 unspecified atom stereocenters. The zero-order chi connectivity index (χ0) is 13.5. The summed E-state index contributed by atoms with van der Waals surface area (Å²) in [5, 5.41) is 12.1. The Morgan fingerprint density at radius 3 is 2.83 bits per heavy atom. The molecule has 0 aromatic heterocycles. The van der Waals surface area contributed by atoms with E-state index in [-0.39, 0.29) is 18.4 Å². The Labute approximate surface area is 112 Å². The van der Waals surface area contributed by atoms with Crippen molar-refractivity contribution in [1.29, 1.82) is 0 Å². The number of aliphatic carboxylic acids is 1. The summed E-state index contributed by atoms with van der Waals surface area (Å²) in [5.74, 6) is 0.866. The standard InChI is InChI=1S/C12H22N2O3S/c1-9(2)13-4-3-11(15)14-5-6-18-8-10(14)7-12(16)17/h9-10,13H,3-8H2,1-2H3,(H,16,17). The van der Waals surface area contributed by atoms with Gasteiger partial charge in [0.1, 0.15) is 0 Å². The molecule has 1 fully saturated rings. The maximum absolute atomic E-state index is 12.1. The number of nitrogens with zero attached hydrogens (tertiary/aromatic N) is 1. The number of carboxylic acids is 1. The number of rotatable bonds is 6. The van der Waals surface area contributed by atoms with Gasteiger partial charge in [-0.1, -0.05) is 13.8 Å². The van der Waals surface area contributed by atoms with Crippen LogP contribution in [0.1, 0.15) is 26.7 Å². The van der Waals surface area contributed by atoms with Crippen LogP contribution >= 0.6 is 11.8 Å². The van der Waals surface area contributed by atoms with Gasteiger partial charge in [0.05, 0.1) is 12.5 Å². The van der Waals surface area contributed by atoms with Crippen molar-refractivity contribution in [2.45, 2.75) is 38.8 Å². The lowest BCUT2D eigenvalue weighted by Gasteiger charge is -2.34. The molecule has 0 aliphatic carbocycles. The van der Waals surface area contributed by atoms with Gasteiger partial charge in [0.15, 0.2) is 0 Å². The normalized spacial score (nSPS) is 20.2. The molecule has 1 aliphatic heterocycles. The summed E-state index contributed by atoms with van der Waals surface area (Å²) in [6.45, 7) is 5.40. The van der Waals surface area contributed by atoms with E-state index in [0.29, 0.717) is 25.6 Å². The van der Waals surface area contributed by atoms with Crippen molar-refractivity contribution in [3.63, 3.8) is 0 Å². The second-order valence-electron chi connectivity index (χ2n) is 4.77. The van der Waals surface area contributed by atoms with Gasteiger partial charge < -0.3 is 15.3 Å². The third kappa shape index (κ3) is 5.27. The van der Waals surface area contributed by atoms with Crippen molar-refractivity contribution in [3.8, 4) is 0 Å². The van der Waals surface area contributed by atoms with Gasteiger partial charge in [-0.25, -0.2) is 0 Å². The molecule has 0 aromatic carbocycles.